The second-order valence-electron chi connectivity index (χ2n) is 13.9. The van der Waals surface area contributed by atoms with E-state index in [4.69, 9.17) is 39.9 Å². The summed E-state index contributed by atoms with van der Waals surface area (Å²) in [6, 6.07) is 31.8. The molecule has 1 atom stereocenters. The number of hydrogen-bond acceptors (Lipinski definition) is 7. The lowest BCUT2D eigenvalue weighted by molar-refractivity contribution is -0.138. The molecule has 0 spiro atoms. The van der Waals surface area contributed by atoms with Crippen molar-refractivity contribution in [2.45, 2.75) is 37.9 Å². The first-order valence-corrected chi connectivity index (χ1v) is 21.3. The number of aromatic nitrogens is 2. The number of nitrogens with one attached hydrogen (secondary N) is 1. The predicted molar refractivity (Wildman–Crippen MR) is 228 cm³/mol. The number of aliphatic imine (C=N–C) groups is 2. The lowest BCUT2D eigenvalue weighted by Gasteiger charge is -2.27. The van der Waals surface area contributed by atoms with Crippen LogP contribution in [0.1, 0.15) is 42.0 Å². The average molecular weight is 885 g/mol. The van der Waals surface area contributed by atoms with Crippen LogP contribution in [-0.2, 0) is 16.8 Å². The SMILES string of the molecule is CN=C(NS(=O)(=O)N1CCCCC1)N1C[C@H](c2ccccc2)C(c2ccc(Cl)cc2)=N1.FC(F)(F)CN1C=Nc2c(nn(-c3ccccc3Cl)c2-c2ccc(Cl)cc2)C1. The van der Waals surface area contributed by atoms with E-state index >= 15 is 0 Å². The fourth-order valence-corrected chi connectivity index (χ4v) is 8.79. The summed E-state index contributed by atoms with van der Waals surface area (Å²) in [5.74, 6) is 0.189. The second kappa shape index (κ2) is 18.1. The van der Waals surface area contributed by atoms with Crippen molar-refractivity contribution in [3.8, 4) is 16.9 Å². The number of halogens is 6. The van der Waals surface area contributed by atoms with Crippen LogP contribution in [-0.4, -0.2) is 89.8 Å². The van der Waals surface area contributed by atoms with E-state index in [-0.39, 0.29) is 18.4 Å². The van der Waals surface area contributed by atoms with E-state index in [1.54, 1.807) is 47.1 Å². The van der Waals surface area contributed by atoms with Crippen LogP contribution in [0.15, 0.2) is 118 Å². The van der Waals surface area contributed by atoms with Crippen molar-refractivity contribution in [1.82, 2.24) is 28.7 Å². The Bertz CT molecular complexity index is 2460. The van der Waals surface area contributed by atoms with Crippen molar-refractivity contribution in [2.24, 2.45) is 15.1 Å². The van der Waals surface area contributed by atoms with E-state index < -0.39 is 22.9 Å². The van der Waals surface area contributed by atoms with E-state index in [1.807, 2.05) is 60.7 Å². The number of guanidine groups is 1. The Balaban J connectivity index is 0.000000180. The summed E-state index contributed by atoms with van der Waals surface area (Å²) >= 11 is 18.4. The second-order valence-corrected chi connectivity index (χ2v) is 16.9. The molecule has 0 unspecified atom stereocenters. The predicted octanol–water partition coefficient (Wildman–Crippen LogP) is 9.33. The molecule has 1 aromatic heterocycles. The van der Waals surface area contributed by atoms with E-state index in [0.29, 0.717) is 57.5 Å². The van der Waals surface area contributed by atoms with Gasteiger partial charge in [-0.1, -0.05) is 108 Å². The summed E-state index contributed by atoms with van der Waals surface area (Å²) in [5, 5.41) is 12.6. The van der Waals surface area contributed by atoms with Crippen molar-refractivity contribution >= 4 is 68.7 Å². The third-order valence-corrected chi connectivity index (χ3v) is 12.1. The van der Waals surface area contributed by atoms with Crippen LogP contribution >= 0.6 is 34.8 Å². The summed E-state index contributed by atoms with van der Waals surface area (Å²) < 4.78 is 69.8. The zero-order chi connectivity index (χ0) is 41.7. The van der Waals surface area contributed by atoms with Gasteiger partial charge in [0.1, 0.15) is 23.6 Å². The molecule has 0 saturated carbocycles. The first kappa shape index (κ1) is 42.2. The smallest absolute Gasteiger partial charge is 0.347 e. The Morgan fingerprint density at radius 2 is 1.47 bits per heavy atom. The molecule has 11 nitrogen and oxygen atoms in total. The van der Waals surface area contributed by atoms with Crippen molar-refractivity contribution in [2.75, 3.05) is 33.2 Å². The molecule has 3 aliphatic rings. The van der Waals surface area contributed by atoms with Gasteiger partial charge in [0.2, 0.25) is 5.96 Å². The monoisotopic (exact) mass is 883 g/mol. The molecule has 308 valence electrons. The Morgan fingerprint density at radius 3 is 2.10 bits per heavy atom. The lowest BCUT2D eigenvalue weighted by atomic mass is 9.91. The molecule has 4 heterocycles. The quantitative estimate of drug-likeness (QED) is 0.130. The summed E-state index contributed by atoms with van der Waals surface area (Å²) in [6.45, 7) is 0.440. The highest BCUT2D eigenvalue weighted by Crippen LogP contribution is 2.39. The molecule has 1 fully saturated rings. The van der Waals surface area contributed by atoms with Gasteiger partial charge in [-0.3, -0.25) is 4.99 Å². The highest BCUT2D eigenvalue weighted by atomic mass is 35.5. The molecule has 0 bridgehead atoms. The number of fused-ring (bicyclic) bond motifs is 1. The third-order valence-electron chi connectivity index (χ3n) is 9.80. The lowest BCUT2D eigenvalue weighted by Crippen LogP contribution is -2.49. The van der Waals surface area contributed by atoms with Crippen molar-refractivity contribution in [3.05, 3.63) is 135 Å². The molecule has 3 aliphatic heterocycles. The summed E-state index contributed by atoms with van der Waals surface area (Å²) in [5.41, 5.74) is 5.88. The largest absolute Gasteiger partial charge is 0.405 e. The molecular weight excluding hydrogens is 846 g/mol. The van der Waals surface area contributed by atoms with E-state index in [1.165, 1.54) is 10.6 Å². The number of piperidine rings is 1. The zero-order valence-electron chi connectivity index (χ0n) is 31.7. The van der Waals surface area contributed by atoms with Crippen LogP contribution in [0.5, 0.6) is 0 Å². The highest BCUT2D eigenvalue weighted by Gasteiger charge is 2.35. The van der Waals surface area contributed by atoms with Gasteiger partial charge in [0.05, 0.1) is 35.8 Å². The van der Waals surface area contributed by atoms with Gasteiger partial charge < -0.3 is 4.90 Å². The van der Waals surface area contributed by atoms with Crippen LogP contribution in [0, 0.1) is 0 Å². The van der Waals surface area contributed by atoms with Gasteiger partial charge in [0.25, 0.3) is 0 Å². The minimum absolute atomic E-state index is 0.00359. The number of rotatable bonds is 7. The Hall–Kier alpha value is -4.93. The van der Waals surface area contributed by atoms with Gasteiger partial charge in [-0.2, -0.15) is 36.1 Å². The number of hydrazone groups is 1. The maximum absolute atomic E-state index is 12.9. The summed E-state index contributed by atoms with van der Waals surface area (Å²) in [6.07, 6.45) is -0.321. The van der Waals surface area contributed by atoms with Crippen molar-refractivity contribution in [1.29, 1.82) is 0 Å². The fraction of sp³-hybridized carbons (Fsp3) is 0.268. The number of para-hydroxylation sites is 1. The number of alkyl halides is 3. The number of hydrogen-bond donors (Lipinski definition) is 1. The molecule has 18 heteroatoms. The van der Waals surface area contributed by atoms with E-state index in [0.717, 1.165) is 46.6 Å². The van der Waals surface area contributed by atoms with Gasteiger partial charge in [-0.25, -0.2) is 19.4 Å². The van der Waals surface area contributed by atoms with Crippen LogP contribution < -0.4 is 4.72 Å². The molecular formula is C41H39Cl3F3N9O2S. The summed E-state index contributed by atoms with van der Waals surface area (Å²) in [7, 11) is -2.11. The summed E-state index contributed by atoms with van der Waals surface area (Å²) in [4.78, 5) is 9.57. The van der Waals surface area contributed by atoms with Crippen LogP contribution in [0.3, 0.4) is 0 Å². The molecule has 4 aromatic carbocycles. The van der Waals surface area contributed by atoms with Gasteiger partial charge >= 0.3 is 16.4 Å². The normalized spacial score (nSPS) is 17.3. The maximum Gasteiger partial charge on any atom is 0.405 e. The van der Waals surface area contributed by atoms with Crippen LogP contribution in [0.4, 0.5) is 18.9 Å². The van der Waals surface area contributed by atoms with E-state index in [2.05, 4.69) is 31.9 Å². The first-order chi connectivity index (χ1) is 28.3. The average Bonchev–Trinajstić information content (AvgIpc) is 3.84. The number of nitrogens with zero attached hydrogens (tertiary/aromatic N) is 8. The fourth-order valence-electron chi connectivity index (χ4n) is 7.02. The van der Waals surface area contributed by atoms with Gasteiger partial charge in [-0.05, 0) is 60.4 Å². The Labute approximate surface area is 355 Å². The minimum Gasteiger partial charge on any atom is -0.347 e. The number of benzene rings is 4. The zero-order valence-corrected chi connectivity index (χ0v) is 34.8. The highest BCUT2D eigenvalue weighted by molar-refractivity contribution is 7.87. The molecule has 1 saturated heterocycles. The Kier molecular flexibility index (Phi) is 13.0. The Morgan fingerprint density at radius 1 is 0.847 bits per heavy atom. The van der Waals surface area contributed by atoms with Crippen LogP contribution in [0.2, 0.25) is 15.1 Å². The molecule has 59 heavy (non-hydrogen) atoms. The molecule has 8 rings (SSSR count). The van der Waals surface area contributed by atoms with Gasteiger partial charge in [-0.15, -0.1) is 0 Å². The topological polar surface area (TPSA) is 111 Å². The molecule has 5 aromatic rings. The van der Waals surface area contributed by atoms with Crippen LogP contribution in [0.25, 0.3) is 16.9 Å². The molecule has 0 aliphatic carbocycles. The van der Waals surface area contributed by atoms with Crippen molar-refractivity contribution in [3.63, 3.8) is 0 Å². The standard InChI is InChI=1S/C22H26ClN5O2S.C19H13Cl2F3N4/c1-24-22(26-31(29,30)27-14-6-3-7-15-27)28-16-20(17-8-4-2-5-9-17)21(25-28)18-10-12-19(23)13-11-18;20-13-7-5-12(6-8-13)18-17-15(9-27(11-25-17)10-19(22,23)24)26-28(18)16-4-2-1-3-14(16)21/h2,4-5,8-13,20H,3,6-7,14-16H2,1H3,(H,24,26);1-8,11H,9-10H2/t20-;/m1./s1. The molecule has 1 N–H and O–H groups in total. The molecule has 0 radical (unpaired) electrons. The van der Waals surface area contributed by atoms with E-state index in [9.17, 15) is 21.6 Å². The first-order valence-electron chi connectivity index (χ1n) is 18.7. The third kappa shape index (κ3) is 10.1. The van der Waals surface area contributed by atoms with Gasteiger partial charge in [0, 0.05) is 41.7 Å². The van der Waals surface area contributed by atoms with Crippen molar-refractivity contribution < 1.29 is 21.6 Å². The minimum atomic E-state index is -4.33. The molecule has 0 amide bonds. The maximum atomic E-state index is 12.9. The van der Waals surface area contributed by atoms with Gasteiger partial charge in [0.15, 0.2) is 0 Å².